The van der Waals surface area contributed by atoms with Crippen molar-refractivity contribution in [1.29, 1.82) is 0 Å². The average molecular weight is 254 g/mol. The quantitative estimate of drug-likeness (QED) is 0.813. The molecule has 4 nitrogen and oxygen atoms in total. The molecule has 0 aliphatic heterocycles. The number of methoxy groups -OCH3 is 1. The summed E-state index contributed by atoms with van der Waals surface area (Å²) in [6.07, 6.45) is 2.01. The molecule has 0 atom stereocenters. The van der Waals surface area contributed by atoms with Crippen LogP contribution in [-0.4, -0.2) is 43.5 Å². The molecule has 0 aromatic heterocycles. The van der Waals surface area contributed by atoms with Crippen LogP contribution in [0.3, 0.4) is 0 Å². The molecule has 2 N–H and O–H groups in total. The molecule has 0 aliphatic carbocycles. The summed E-state index contributed by atoms with van der Waals surface area (Å²) < 4.78 is 5.17. The SMILES string of the molecule is COc1c(N)cccc1C(=O)N(C)CCSC. The molecule has 0 saturated carbocycles. The van der Waals surface area contributed by atoms with Crippen molar-refractivity contribution < 1.29 is 9.53 Å². The van der Waals surface area contributed by atoms with Gasteiger partial charge < -0.3 is 15.4 Å². The lowest BCUT2D eigenvalue weighted by Crippen LogP contribution is -2.29. The molecular formula is C12H18N2O2S. The van der Waals surface area contributed by atoms with Crippen LogP contribution >= 0.6 is 11.8 Å². The minimum absolute atomic E-state index is 0.0665. The second-order valence-electron chi connectivity index (χ2n) is 3.65. The number of thioether (sulfide) groups is 1. The van der Waals surface area contributed by atoms with Gasteiger partial charge in [0.1, 0.15) is 0 Å². The van der Waals surface area contributed by atoms with E-state index >= 15 is 0 Å². The van der Waals surface area contributed by atoms with Gasteiger partial charge in [-0.25, -0.2) is 0 Å². The van der Waals surface area contributed by atoms with E-state index in [9.17, 15) is 4.79 Å². The van der Waals surface area contributed by atoms with Gasteiger partial charge in [-0.15, -0.1) is 0 Å². The summed E-state index contributed by atoms with van der Waals surface area (Å²) in [5.41, 5.74) is 6.76. The highest BCUT2D eigenvalue weighted by molar-refractivity contribution is 7.98. The molecule has 0 heterocycles. The van der Waals surface area contributed by atoms with E-state index < -0.39 is 0 Å². The van der Waals surface area contributed by atoms with Crippen LogP contribution in [0.4, 0.5) is 5.69 Å². The minimum atomic E-state index is -0.0665. The summed E-state index contributed by atoms with van der Waals surface area (Å²) in [6.45, 7) is 0.706. The maximum absolute atomic E-state index is 12.2. The van der Waals surface area contributed by atoms with Gasteiger partial charge in [-0.3, -0.25) is 4.79 Å². The Labute approximate surface area is 106 Å². The van der Waals surface area contributed by atoms with Crippen molar-refractivity contribution in [2.75, 3.05) is 38.4 Å². The lowest BCUT2D eigenvalue weighted by Gasteiger charge is -2.18. The van der Waals surface area contributed by atoms with Gasteiger partial charge in [0.25, 0.3) is 5.91 Å². The van der Waals surface area contributed by atoms with Crippen LogP contribution in [0.2, 0.25) is 0 Å². The van der Waals surface area contributed by atoms with E-state index in [1.165, 1.54) is 7.11 Å². The molecular weight excluding hydrogens is 236 g/mol. The van der Waals surface area contributed by atoms with Gasteiger partial charge in [-0.05, 0) is 18.4 Å². The Balaban J connectivity index is 2.92. The maximum atomic E-state index is 12.2. The Morgan fingerprint density at radius 3 is 2.82 bits per heavy atom. The molecule has 0 spiro atoms. The zero-order valence-electron chi connectivity index (χ0n) is 10.4. The summed E-state index contributed by atoms with van der Waals surface area (Å²) in [4.78, 5) is 13.8. The minimum Gasteiger partial charge on any atom is -0.494 e. The summed E-state index contributed by atoms with van der Waals surface area (Å²) in [6, 6.07) is 5.21. The lowest BCUT2D eigenvalue weighted by molar-refractivity contribution is 0.0800. The molecule has 0 aliphatic rings. The van der Waals surface area contributed by atoms with Crippen LogP contribution in [0.5, 0.6) is 5.75 Å². The lowest BCUT2D eigenvalue weighted by atomic mass is 10.1. The highest BCUT2D eigenvalue weighted by Crippen LogP contribution is 2.26. The first-order valence-corrected chi connectivity index (χ1v) is 6.68. The number of amides is 1. The highest BCUT2D eigenvalue weighted by Gasteiger charge is 2.17. The van der Waals surface area contributed by atoms with E-state index in [0.717, 1.165) is 5.75 Å². The number of anilines is 1. The molecule has 17 heavy (non-hydrogen) atoms. The largest absolute Gasteiger partial charge is 0.494 e. The number of nitrogens with zero attached hydrogens (tertiary/aromatic N) is 1. The fourth-order valence-corrected chi connectivity index (χ4v) is 1.94. The first-order valence-electron chi connectivity index (χ1n) is 5.28. The van der Waals surface area contributed by atoms with Crippen LogP contribution in [0.1, 0.15) is 10.4 Å². The number of nitrogens with two attached hydrogens (primary N) is 1. The van der Waals surface area contributed by atoms with Crippen molar-refractivity contribution in [1.82, 2.24) is 4.90 Å². The van der Waals surface area contributed by atoms with Crippen molar-refractivity contribution in [2.45, 2.75) is 0 Å². The smallest absolute Gasteiger partial charge is 0.257 e. The van der Waals surface area contributed by atoms with Crippen LogP contribution in [0.25, 0.3) is 0 Å². The van der Waals surface area contributed by atoms with Gasteiger partial charge in [0.15, 0.2) is 5.75 Å². The molecule has 1 aromatic carbocycles. The van der Waals surface area contributed by atoms with E-state index in [0.29, 0.717) is 23.5 Å². The topological polar surface area (TPSA) is 55.6 Å². The number of rotatable bonds is 5. The van der Waals surface area contributed by atoms with E-state index in [2.05, 4.69) is 0 Å². The molecule has 0 saturated heterocycles. The second-order valence-corrected chi connectivity index (χ2v) is 4.63. The van der Waals surface area contributed by atoms with Crippen molar-refractivity contribution in [3.63, 3.8) is 0 Å². The van der Waals surface area contributed by atoms with Crippen molar-refractivity contribution >= 4 is 23.4 Å². The molecule has 1 aromatic rings. The second kappa shape index (κ2) is 6.39. The third-order valence-corrected chi connectivity index (χ3v) is 3.05. The highest BCUT2D eigenvalue weighted by atomic mass is 32.2. The molecule has 5 heteroatoms. The molecule has 0 radical (unpaired) electrons. The molecule has 0 unspecified atom stereocenters. The fourth-order valence-electron chi connectivity index (χ4n) is 1.49. The van der Waals surface area contributed by atoms with Crippen molar-refractivity contribution in [3.8, 4) is 5.75 Å². The zero-order valence-corrected chi connectivity index (χ0v) is 11.2. The van der Waals surface area contributed by atoms with E-state index in [1.807, 2.05) is 6.26 Å². The number of para-hydroxylation sites is 1. The van der Waals surface area contributed by atoms with Gasteiger partial charge in [0.2, 0.25) is 0 Å². The van der Waals surface area contributed by atoms with Crippen molar-refractivity contribution in [3.05, 3.63) is 23.8 Å². The molecule has 0 fully saturated rings. The fraction of sp³-hybridized carbons (Fsp3) is 0.417. The van der Waals surface area contributed by atoms with Gasteiger partial charge in [-0.1, -0.05) is 6.07 Å². The van der Waals surface area contributed by atoms with E-state index in [4.69, 9.17) is 10.5 Å². The summed E-state index contributed by atoms with van der Waals surface area (Å²) in [5.74, 6) is 1.30. The first-order chi connectivity index (χ1) is 8.11. The van der Waals surface area contributed by atoms with Crippen LogP contribution in [0, 0.1) is 0 Å². The maximum Gasteiger partial charge on any atom is 0.257 e. The zero-order chi connectivity index (χ0) is 12.8. The Morgan fingerprint density at radius 1 is 1.53 bits per heavy atom. The Morgan fingerprint density at radius 2 is 2.24 bits per heavy atom. The van der Waals surface area contributed by atoms with Gasteiger partial charge in [0.05, 0.1) is 18.4 Å². The predicted octanol–water partition coefficient (Wildman–Crippen LogP) is 1.71. The normalized spacial score (nSPS) is 10.1. The van der Waals surface area contributed by atoms with Gasteiger partial charge in [-0.2, -0.15) is 11.8 Å². The summed E-state index contributed by atoms with van der Waals surface area (Å²) in [5, 5.41) is 0. The number of benzene rings is 1. The number of carbonyl (C=O) groups is 1. The average Bonchev–Trinajstić information content (AvgIpc) is 2.34. The summed E-state index contributed by atoms with van der Waals surface area (Å²) >= 11 is 1.71. The third-order valence-electron chi connectivity index (χ3n) is 2.46. The number of ether oxygens (including phenoxy) is 1. The number of hydrogen-bond donors (Lipinski definition) is 1. The standard InChI is InChI=1S/C12H18N2O2S/c1-14(7-8-17-3)12(15)9-5-4-6-10(13)11(9)16-2/h4-6H,7-8,13H2,1-3H3. The molecule has 94 valence electrons. The van der Waals surface area contributed by atoms with Gasteiger partial charge >= 0.3 is 0 Å². The van der Waals surface area contributed by atoms with Crippen LogP contribution in [0.15, 0.2) is 18.2 Å². The predicted molar refractivity (Wildman–Crippen MR) is 72.7 cm³/mol. The summed E-state index contributed by atoms with van der Waals surface area (Å²) in [7, 11) is 3.30. The Bertz CT molecular complexity index is 396. The van der Waals surface area contributed by atoms with Gasteiger partial charge in [0, 0.05) is 19.3 Å². The Kier molecular flexibility index (Phi) is 5.15. The first kappa shape index (κ1) is 13.7. The molecule has 1 rings (SSSR count). The van der Waals surface area contributed by atoms with E-state index in [1.54, 1.807) is 41.9 Å². The van der Waals surface area contributed by atoms with E-state index in [-0.39, 0.29) is 5.91 Å². The van der Waals surface area contributed by atoms with Crippen LogP contribution < -0.4 is 10.5 Å². The Hall–Kier alpha value is -1.36. The number of nitrogen functional groups attached to an aromatic ring is 1. The van der Waals surface area contributed by atoms with Crippen LogP contribution in [-0.2, 0) is 0 Å². The monoisotopic (exact) mass is 254 g/mol. The number of carbonyl (C=O) groups excluding carboxylic acids is 1. The molecule has 1 amide bonds. The third kappa shape index (κ3) is 3.30. The molecule has 0 bridgehead atoms. The number of hydrogen-bond acceptors (Lipinski definition) is 4. The van der Waals surface area contributed by atoms with Crippen molar-refractivity contribution in [2.24, 2.45) is 0 Å².